The highest BCUT2D eigenvalue weighted by atomic mass is 32.1. The first kappa shape index (κ1) is 13.1. The van der Waals surface area contributed by atoms with Crippen LogP contribution < -0.4 is 11.1 Å². The molecule has 0 aromatic carbocycles. The number of rotatable bonds is 2. The number of thiophene rings is 1. The maximum atomic E-state index is 12.4. The molecule has 2 aromatic heterocycles. The Balaban J connectivity index is 1.79. The van der Waals surface area contributed by atoms with E-state index in [-0.39, 0.29) is 5.91 Å². The van der Waals surface area contributed by atoms with E-state index in [1.807, 2.05) is 5.38 Å². The van der Waals surface area contributed by atoms with Crippen LogP contribution in [-0.4, -0.2) is 10.9 Å². The Hall–Kier alpha value is -1.88. The molecule has 0 saturated heterocycles. The number of nitrogens with two attached hydrogens (primary N) is 1. The second-order valence-corrected chi connectivity index (χ2v) is 6.29. The van der Waals surface area contributed by atoms with Crippen LogP contribution >= 0.6 is 11.3 Å². The van der Waals surface area contributed by atoms with Crippen LogP contribution in [-0.2, 0) is 12.8 Å². The molecule has 4 nitrogen and oxygen atoms in total. The highest BCUT2D eigenvalue weighted by Gasteiger charge is 2.23. The van der Waals surface area contributed by atoms with E-state index in [2.05, 4.69) is 17.2 Å². The number of hydrogen-bond donors (Lipinski definition) is 2. The van der Waals surface area contributed by atoms with Crippen molar-refractivity contribution >= 4 is 28.7 Å². The fraction of sp³-hybridized carbons (Fsp3) is 0.333. The zero-order valence-electron chi connectivity index (χ0n) is 11.3. The van der Waals surface area contributed by atoms with Crippen molar-refractivity contribution in [2.75, 3.05) is 11.1 Å². The third-order valence-electron chi connectivity index (χ3n) is 3.69. The Bertz CT molecular complexity index is 633. The topological polar surface area (TPSA) is 68.0 Å². The molecule has 20 heavy (non-hydrogen) atoms. The third-order valence-corrected chi connectivity index (χ3v) is 4.74. The fourth-order valence-corrected chi connectivity index (χ4v) is 3.79. The minimum atomic E-state index is -0.0522. The molecule has 1 amide bonds. The summed E-state index contributed by atoms with van der Waals surface area (Å²) in [7, 11) is 0. The summed E-state index contributed by atoms with van der Waals surface area (Å²) in [5.41, 5.74) is 8.25. The highest BCUT2D eigenvalue weighted by molar-refractivity contribution is 7.10. The summed E-state index contributed by atoms with van der Waals surface area (Å²) in [5, 5.41) is 4.86. The van der Waals surface area contributed by atoms with Gasteiger partial charge in [0.25, 0.3) is 5.91 Å². The Morgan fingerprint density at radius 3 is 3.10 bits per heavy atom. The smallest absolute Gasteiger partial charge is 0.256 e. The van der Waals surface area contributed by atoms with E-state index in [0.717, 1.165) is 30.7 Å². The number of anilines is 2. The number of pyridine rings is 1. The van der Waals surface area contributed by atoms with E-state index in [1.165, 1.54) is 10.4 Å². The zero-order chi connectivity index (χ0) is 14.1. The summed E-state index contributed by atoms with van der Waals surface area (Å²) in [6, 6.07) is 3.45. The minimum Gasteiger partial charge on any atom is -0.384 e. The van der Waals surface area contributed by atoms with Gasteiger partial charge in [0.15, 0.2) is 0 Å². The monoisotopic (exact) mass is 287 g/mol. The molecule has 2 heterocycles. The molecule has 0 aliphatic heterocycles. The van der Waals surface area contributed by atoms with Gasteiger partial charge in [-0.1, -0.05) is 6.92 Å². The van der Waals surface area contributed by atoms with Crippen molar-refractivity contribution in [1.29, 1.82) is 0 Å². The Labute approximate surface area is 122 Å². The van der Waals surface area contributed by atoms with E-state index in [1.54, 1.807) is 29.7 Å². The van der Waals surface area contributed by atoms with Crippen LogP contribution in [0.1, 0.15) is 34.1 Å². The minimum absolute atomic E-state index is 0.0522. The molecule has 0 radical (unpaired) electrons. The van der Waals surface area contributed by atoms with Gasteiger partial charge in [-0.15, -0.1) is 11.3 Å². The van der Waals surface area contributed by atoms with Crippen LogP contribution in [0, 0.1) is 5.92 Å². The van der Waals surface area contributed by atoms with E-state index < -0.39 is 0 Å². The van der Waals surface area contributed by atoms with Gasteiger partial charge in [0.2, 0.25) is 0 Å². The van der Waals surface area contributed by atoms with Gasteiger partial charge in [0.1, 0.15) is 5.82 Å². The van der Waals surface area contributed by atoms with E-state index in [9.17, 15) is 4.79 Å². The number of nitrogens with one attached hydrogen (secondary N) is 1. The molecule has 3 rings (SSSR count). The van der Waals surface area contributed by atoms with Crippen molar-refractivity contribution < 1.29 is 4.79 Å². The normalized spacial score (nSPS) is 17.6. The van der Waals surface area contributed by atoms with Gasteiger partial charge in [-0.3, -0.25) is 4.79 Å². The first-order valence-electron chi connectivity index (χ1n) is 6.75. The number of aromatic nitrogens is 1. The van der Waals surface area contributed by atoms with Gasteiger partial charge in [-0.05, 0) is 42.9 Å². The van der Waals surface area contributed by atoms with Gasteiger partial charge in [0.05, 0.1) is 17.4 Å². The number of fused-ring (bicyclic) bond motifs is 1. The summed E-state index contributed by atoms with van der Waals surface area (Å²) in [6.07, 6.45) is 4.83. The molecular weight excluding hydrogens is 270 g/mol. The summed E-state index contributed by atoms with van der Waals surface area (Å²) in [5.74, 6) is 1.12. The Kier molecular flexibility index (Phi) is 3.44. The van der Waals surface area contributed by atoms with E-state index in [4.69, 9.17) is 5.73 Å². The van der Waals surface area contributed by atoms with Crippen molar-refractivity contribution in [3.63, 3.8) is 0 Å². The average Bonchev–Trinajstić information content (AvgIpc) is 2.84. The first-order chi connectivity index (χ1) is 9.63. The molecule has 3 N–H and O–H groups in total. The molecule has 0 saturated carbocycles. The predicted molar refractivity (Wildman–Crippen MR) is 82.1 cm³/mol. The van der Waals surface area contributed by atoms with Gasteiger partial charge in [-0.2, -0.15) is 0 Å². The van der Waals surface area contributed by atoms with Gasteiger partial charge in [-0.25, -0.2) is 4.98 Å². The molecule has 104 valence electrons. The van der Waals surface area contributed by atoms with Gasteiger partial charge >= 0.3 is 0 Å². The lowest BCUT2D eigenvalue weighted by atomic mass is 9.88. The standard InChI is InChI=1S/C15H17N3OS/c1-9-2-4-11-12(8-20-13(11)6-9)15(19)18-10-3-5-14(16)17-7-10/h3,5,7-9H,2,4,6H2,1H3,(H2,16,17)(H,18,19). The number of nitrogens with zero attached hydrogens (tertiary/aromatic N) is 1. The largest absolute Gasteiger partial charge is 0.384 e. The molecular formula is C15H17N3OS. The van der Waals surface area contributed by atoms with Crippen LogP contribution in [0.15, 0.2) is 23.7 Å². The Morgan fingerprint density at radius 1 is 1.50 bits per heavy atom. The average molecular weight is 287 g/mol. The first-order valence-corrected chi connectivity index (χ1v) is 7.63. The lowest BCUT2D eigenvalue weighted by Crippen LogP contribution is -2.16. The number of carbonyl (C=O) groups excluding carboxylic acids is 1. The fourth-order valence-electron chi connectivity index (χ4n) is 2.55. The molecule has 5 heteroatoms. The Morgan fingerprint density at radius 2 is 2.35 bits per heavy atom. The molecule has 1 aliphatic rings. The molecule has 1 atom stereocenters. The maximum absolute atomic E-state index is 12.4. The van der Waals surface area contributed by atoms with Crippen molar-refractivity contribution in [3.8, 4) is 0 Å². The van der Waals surface area contributed by atoms with Gasteiger partial charge in [0, 0.05) is 10.3 Å². The molecule has 1 unspecified atom stereocenters. The lowest BCUT2D eigenvalue weighted by molar-refractivity contribution is 0.102. The van der Waals surface area contributed by atoms with Crippen LogP contribution in [0.25, 0.3) is 0 Å². The maximum Gasteiger partial charge on any atom is 0.256 e. The summed E-state index contributed by atoms with van der Waals surface area (Å²) in [4.78, 5) is 17.7. The van der Waals surface area contributed by atoms with E-state index in [0.29, 0.717) is 11.5 Å². The van der Waals surface area contributed by atoms with Crippen molar-refractivity contribution in [2.24, 2.45) is 5.92 Å². The second kappa shape index (κ2) is 5.25. The number of amides is 1. The van der Waals surface area contributed by atoms with Crippen molar-refractivity contribution in [3.05, 3.63) is 39.7 Å². The predicted octanol–water partition coefficient (Wildman–Crippen LogP) is 3.10. The molecule has 2 aromatic rings. The second-order valence-electron chi connectivity index (χ2n) is 5.32. The molecule has 0 bridgehead atoms. The van der Waals surface area contributed by atoms with Gasteiger partial charge < -0.3 is 11.1 Å². The highest BCUT2D eigenvalue weighted by Crippen LogP contribution is 2.33. The molecule has 0 spiro atoms. The van der Waals surface area contributed by atoms with Crippen LogP contribution in [0.3, 0.4) is 0 Å². The summed E-state index contributed by atoms with van der Waals surface area (Å²) < 4.78 is 0. The number of carbonyl (C=O) groups is 1. The lowest BCUT2D eigenvalue weighted by Gasteiger charge is -2.18. The number of nitrogen functional groups attached to an aromatic ring is 1. The SMILES string of the molecule is CC1CCc2c(C(=O)Nc3ccc(N)nc3)csc2C1. The van der Waals surface area contributed by atoms with Crippen LogP contribution in [0.5, 0.6) is 0 Å². The summed E-state index contributed by atoms with van der Waals surface area (Å²) >= 11 is 1.70. The summed E-state index contributed by atoms with van der Waals surface area (Å²) in [6.45, 7) is 2.27. The third kappa shape index (κ3) is 2.54. The van der Waals surface area contributed by atoms with Crippen molar-refractivity contribution in [2.45, 2.75) is 26.2 Å². The zero-order valence-corrected chi connectivity index (χ0v) is 12.2. The van der Waals surface area contributed by atoms with Crippen LogP contribution in [0.2, 0.25) is 0 Å². The van der Waals surface area contributed by atoms with Crippen LogP contribution in [0.4, 0.5) is 11.5 Å². The quantitative estimate of drug-likeness (QED) is 0.891. The van der Waals surface area contributed by atoms with E-state index >= 15 is 0 Å². The number of hydrogen-bond acceptors (Lipinski definition) is 4. The molecule has 0 fully saturated rings. The van der Waals surface area contributed by atoms with Crippen molar-refractivity contribution in [1.82, 2.24) is 4.98 Å². The molecule has 1 aliphatic carbocycles.